The molecule has 0 saturated heterocycles. The minimum absolute atomic E-state index is 0.282. The van der Waals surface area contributed by atoms with E-state index in [0.717, 1.165) is 0 Å². The highest BCUT2D eigenvalue weighted by Gasteiger charge is 2.05. The first-order valence-corrected chi connectivity index (χ1v) is 7.10. The molecular weight excluding hydrogens is 374 g/mol. The molecule has 0 unspecified atom stereocenters. The van der Waals surface area contributed by atoms with Gasteiger partial charge in [0.25, 0.3) is 12.9 Å². The Morgan fingerprint density at radius 3 is 2.04 bits per heavy atom. The van der Waals surface area contributed by atoms with E-state index in [-0.39, 0.29) is 16.1 Å². The molecule has 0 aliphatic carbocycles. The molecule has 0 N–H and O–H groups in total. The number of ether oxygens (including phenoxy) is 2. The maximum absolute atomic E-state index is 12.8. The Balaban J connectivity index is 0.000000231. The van der Waals surface area contributed by atoms with Gasteiger partial charge in [-0.15, -0.1) is 0 Å². The zero-order chi connectivity index (χ0) is 17.4. The molecule has 0 atom stereocenters. The average molecular weight is 387 g/mol. The fourth-order valence-corrected chi connectivity index (χ4v) is 1.93. The lowest BCUT2D eigenvalue weighted by Gasteiger charge is -2.03. The lowest BCUT2D eigenvalue weighted by molar-refractivity contribution is -0.121. The summed E-state index contributed by atoms with van der Waals surface area (Å²) in [6, 6.07) is 6.67. The van der Waals surface area contributed by atoms with Crippen LogP contribution < -0.4 is 9.47 Å². The van der Waals surface area contributed by atoms with Gasteiger partial charge in [-0.3, -0.25) is 9.59 Å². The Hall–Kier alpha value is -2.28. The number of carbonyl (C=O) groups excluding carboxylic acids is 2. The molecule has 2 aromatic carbocycles. The van der Waals surface area contributed by atoms with Crippen molar-refractivity contribution in [3.05, 3.63) is 57.6 Å². The van der Waals surface area contributed by atoms with Gasteiger partial charge in [0.15, 0.2) is 0 Å². The first-order chi connectivity index (χ1) is 10.9. The van der Waals surface area contributed by atoms with Crippen LogP contribution in [0.4, 0.5) is 8.78 Å². The van der Waals surface area contributed by atoms with Crippen molar-refractivity contribution in [2.45, 2.75) is 13.8 Å². The lowest BCUT2D eigenvalue weighted by Crippen LogP contribution is -1.92. The number of carbonyl (C=O) groups is 2. The third-order valence-corrected chi connectivity index (χ3v) is 3.31. The molecule has 23 heavy (non-hydrogen) atoms. The Bertz CT molecular complexity index is 705. The molecule has 4 nitrogen and oxygen atoms in total. The van der Waals surface area contributed by atoms with E-state index < -0.39 is 0 Å². The number of aryl methyl sites for hydroxylation is 2. The molecule has 122 valence electrons. The van der Waals surface area contributed by atoms with Crippen LogP contribution in [0.1, 0.15) is 11.1 Å². The highest BCUT2D eigenvalue weighted by atomic mass is 79.9. The van der Waals surface area contributed by atoms with Gasteiger partial charge in [0.05, 0.1) is 4.47 Å². The van der Waals surface area contributed by atoms with Crippen LogP contribution in [-0.4, -0.2) is 12.9 Å². The highest BCUT2D eigenvalue weighted by Crippen LogP contribution is 2.25. The second-order valence-electron chi connectivity index (χ2n) is 4.37. The molecule has 0 spiro atoms. The summed E-state index contributed by atoms with van der Waals surface area (Å²) < 4.78 is 34.7. The van der Waals surface area contributed by atoms with Gasteiger partial charge in [0.2, 0.25) is 0 Å². The summed E-state index contributed by atoms with van der Waals surface area (Å²) in [6.45, 7) is 3.96. The van der Waals surface area contributed by atoms with E-state index >= 15 is 0 Å². The molecule has 0 bridgehead atoms. The van der Waals surface area contributed by atoms with E-state index in [2.05, 4.69) is 25.4 Å². The van der Waals surface area contributed by atoms with Crippen molar-refractivity contribution >= 4 is 28.9 Å². The molecule has 0 aliphatic heterocycles. The molecule has 7 heteroatoms. The number of halogens is 3. The second kappa shape index (κ2) is 8.99. The molecule has 0 saturated carbocycles. The minimum atomic E-state index is -0.370. The topological polar surface area (TPSA) is 52.6 Å². The molecule has 0 aromatic heterocycles. The van der Waals surface area contributed by atoms with Crippen molar-refractivity contribution in [1.29, 1.82) is 0 Å². The molecule has 0 amide bonds. The molecule has 0 heterocycles. The molecular formula is C16H13BrF2O4. The quantitative estimate of drug-likeness (QED) is 0.742. The monoisotopic (exact) mass is 386 g/mol. The van der Waals surface area contributed by atoms with Gasteiger partial charge in [-0.25, -0.2) is 8.78 Å². The van der Waals surface area contributed by atoms with Crippen molar-refractivity contribution in [1.82, 2.24) is 0 Å². The Morgan fingerprint density at radius 1 is 0.913 bits per heavy atom. The van der Waals surface area contributed by atoms with Gasteiger partial charge < -0.3 is 9.47 Å². The van der Waals surface area contributed by atoms with Gasteiger partial charge in [-0.05, 0) is 71.2 Å². The van der Waals surface area contributed by atoms with Gasteiger partial charge in [-0.1, -0.05) is 0 Å². The summed E-state index contributed by atoms with van der Waals surface area (Å²) in [5.41, 5.74) is 1.19. The zero-order valence-corrected chi connectivity index (χ0v) is 13.9. The maximum Gasteiger partial charge on any atom is 0.298 e. The Labute approximate surface area is 140 Å². The van der Waals surface area contributed by atoms with Crippen molar-refractivity contribution < 1.29 is 27.8 Å². The van der Waals surface area contributed by atoms with Crippen molar-refractivity contribution in [3.63, 3.8) is 0 Å². The van der Waals surface area contributed by atoms with Gasteiger partial charge in [0.1, 0.15) is 23.1 Å². The molecule has 2 rings (SSSR count). The van der Waals surface area contributed by atoms with Crippen molar-refractivity contribution in [2.75, 3.05) is 0 Å². The van der Waals surface area contributed by atoms with Crippen LogP contribution >= 0.6 is 15.9 Å². The lowest BCUT2D eigenvalue weighted by atomic mass is 10.2. The fraction of sp³-hybridized carbons (Fsp3) is 0.125. The van der Waals surface area contributed by atoms with Crippen molar-refractivity contribution in [3.8, 4) is 11.5 Å². The third kappa shape index (κ3) is 5.78. The van der Waals surface area contributed by atoms with Crippen molar-refractivity contribution in [2.24, 2.45) is 0 Å². The first-order valence-electron chi connectivity index (χ1n) is 6.31. The number of hydrogen-bond donors (Lipinski definition) is 0. The molecule has 2 aromatic rings. The predicted octanol–water partition coefficient (Wildman–Crippen LogP) is 4.10. The van der Waals surface area contributed by atoms with E-state index in [1.165, 1.54) is 30.3 Å². The number of benzene rings is 2. The van der Waals surface area contributed by atoms with Crippen LogP contribution in [0.3, 0.4) is 0 Å². The molecule has 0 radical (unpaired) electrons. The standard InChI is InChI=1S/C8H6BrFO2.C8H7FO2/c1-5-2-7(10)6(9)3-8(5)12-4-11;1-6-4-7(9)2-3-8(6)11-5-10/h2-4H,1H3;2-5H,1H3. The van der Waals surface area contributed by atoms with Gasteiger partial charge in [0, 0.05) is 0 Å². The first kappa shape index (κ1) is 18.8. The van der Waals surface area contributed by atoms with Gasteiger partial charge >= 0.3 is 0 Å². The largest absolute Gasteiger partial charge is 0.428 e. The Morgan fingerprint density at radius 2 is 1.48 bits per heavy atom. The van der Waals surface area contributed by atoms with E-state index in [0.29, 0.717) is 35.6 Å². The fourth-order valence-electron chi connectivity index (χ4n) is 1.60. The van der Waals surface area contributed by atoms with E-state index in [1.807, 2.05) is 0 Å². The van der Waals surface area contributed by atoms with E-state index in [9.17, 15) is 18.4 Å². The summed E-state index contributed by atoms with van der Waals surface area (Å²) in [7, 11) is 0. The maximum atomic E-state index is 12.8. The van der Waals surface area contributed by atoms with Crippen LogP contribution in [0, 0.1) is 25.5 Å². The highest BCUT2D eigenvalue weighted by molar-refractivity contribution is 9.10. The number of hydrogen-bond acceptors (Lipinski definition) is 4. The summed E-state index contributed by atoms with van der Waals surface area (Å²) in [5, 5.41) is 0. The zero-order valence-electron chi connectivity index (χ0n) is 12.3. The Kier molecular flexibility index (Phi) is 7.34. The smallest absolute Gasteiger partial charge is 0.298 e. The van der Waals surface area contributed by atoms with Crippen LogP contribution in [0.2, 0.25) is 0 Å². The van der Waals surface area contributed by atoms with E-state index in [1.54, 1.807) is 13.8 Å². The molecule has 0 fully saturated rings. The molecule has 0 aliphatic rings. The average Bonchev–Trinajstić information content (AvgIpc) is 2.49. The predicted molar refractivity (Wildman–Crippen MR) is 83.4 cm³/mol. The van der Waals surface area contributed by atoms with Crippen LogP contribution in [0.5, 0.6) is 11.5 Å². The summed E-state index contributed by atoms with van der Waals surface area (Å²) in [4.78, 5) is 19.9. The summed E-state index contributed by atoms with van der Waals surface area (Å²) in [5.74, 6) is 0.0474. The van der Waals surface area contributed by atoms with Crippen LogP contribution in [0.15, 0.2) is 34.8 Å². The SMILES string of the molecule is Cc1cc(F)c(Br)cc1OC=O.Cc1cc(F)ccc1OC=O. The summed E-state index contributed by atoms with van der Waals surface area (Å²) in [6.07, 6.45) is 0. The second-order valence-corrected chi connectivity index (χ2v) is 5.22. The van der Waals surface area contributed by atoms with E-state index in [4.69, 9.17) is 0 Å². The number of rotatable bonds is 4. The van der Waals surface area contributed by atoms with Gasteiger partial charge in [-0.2, -0.15) is 0 Å². The third-order valence-electron chi connectivity index (χ3n) is 2.71. The summed E-state index contributed by atoms with van der Waals surface area (Å²) >= 11 is 2.98. The van der Waals surface area contributed by atoms with Crippen LogP contribution in [0.25, 0.3) is 0 Å². The van der Waals surface area contributed by atoms with Crippen LogP contribution in [-0.2, 0) is 9.59 Å². The normalized spacial score (nSPS) is 9.43. The minimum Gasteiger partial charge on any atom is -0.428 e.